The molecule has 3 rings (SSSR count). The van der Waals surface area contributed by atoms with Crippen LogP contribution in [0.2, 0.25) is 0 Å². The van der Waals surface area contributed by atoms with Gasteiger partial charge in [0.05, 0.1) is 16.3 Å². The molecule has 0 unspecified atom stereocenters. The second-order valence-corrected chi connectivity index (χ2v) is 5.27. The number of rotatable bonds is 5. The van der Waals surface area contributed by atoms with Crippen LogP contribution in [0.5, 0.6) is 5.75 Å². The van der Waals surface area contributed by atoms with Crippen molar-refractivity contribution in [3.8, 4) is 5.75 Å². The number of nitrogens with one attached hydrogen (secondary N) is 1. The van der Waals surface area contributed by atoms with Crippen LogP contribution < -0.4 is 15.2 Å². The van der Waals surface area contributed by atoms with Crippen LogP contribution in [-0.4, -0.2) is 11.0 Å². The van der Waals surface area contributed by atoms with E-state index in [9.17, 15) is 14.9 Å². The Morgan fingerprint density at radius 1 is 0.885 bits per heavy atom. The molecule has 7 nitrogen and oxygen atoms in total. The Bertz CT molecular complexity index is 884. The molecule has 0 fully saturated rings. The summed E-state index contributed by atoms with van der Waals surface area (Å²) in [6, 6.07) is 23.4. The van der Waals surface area contributed by atoms with Gasteiger partial charge < -0.3 is 4.74 Å². The molecular formula is C19H15N3O4. The molecule has 3 aromatic carbocycles. The van der Waals surface area contributed by atoms with Crippen LogP contribution in [0, 0.1) is 10.1 Å². The van der Waals surface area contributed by atoms with Gasteiger partial charge in [-0.3, -0.25) is 15.5 Å². The predicted octanol–water partition coefficient (Wildman–Crippen LogP) is 4.63. The molecule has 0 saturated carbocycles. The number of nitro groups is 1. The number of hydrogen-bond acceptors (Lipinski definition) is 5. The number of ether oxygens (including phenoxy) is 1. The number of carbonyl (C=O) groups excluding carboxylic acids is 1. The standard InChI is InChI=1S/C19H15N3O4/c23-19(26-18-13-11-17(12-14-18)22(24)25)21(16-9-5-2-6-10-16)20-15-7-3-1-4-8-15/h1-14,20H. The van der Waals surface area contributed by atoms with E-state index in [1.54, 1.807) is 24.3 Å². The van der Waals surface area contributed by atoms with Crippen molar-refractivity contribution in [2.45, 2.75) is 0 Å². The molecule has 0 bridgehead atoms. The highest BCUT2D eigenvalue weighted by molar-refractivity contribution is 5.91. The van der Waals surface area contributed by atoms with Crippen molar-refractivity contribution in [1.82, 2.24) is 0 Å². The summed E-state index contributed by atoms with van der Waals surface area (Å²) in [4.78, 5) is 22.8. The minimum atomic E-state index is -0.672. The zero-order valence-electron chi connectivity index (χ0n) is 13.6. The highest BCUT2D eigenvalue weighted by Gasteiger charge is 2.19. The van der Waals surface area contributed by atoms with E-state index in [1.807, 2.05) is 36.4 Å². The zero-order chi connectivity index (χ0) is 18.4. The molecule has 0 radical (unpaired) electrons. The van der Waals surface area contributed by atoms with Gasteiger partial charge in [-0.1, -0.05) is 36.4 Å². The van der Waals surface area contributed by atoms with Crippen LogP contribution >= 0.6 is 0 Å². The summed E-state index contributed by atoms with van der Waals surface area (Å²) in [6.45, 7) is 0. The van der Waals surface area contributed by atoms with Gasteiger partial charge in [0.1, 0.15) is 5.75 Å². The molecule has 1 N–H and O–H groups in total. The molecule has 0 spiro atoms. The third kappa shape index (κ3) is 4.15. The smallest absolute Gasteiger partial charge is 0.409 e. The lowest BCUT2D eigenvalue weighted by Gasteiger charge is -2.23. The van der Waals surface area contributed by atoms with Crippen molar-refractivity contribution in [2.24, 2.45) is 0 Å². The minimum absolute atomic E-state index is 0.0767. The first-order valence-electron chi connectivity index (χ1n) is 7.76. The van der Waals surface area contributed by atoms with Gasteiger partial charge in [-0.15, -0.1) is 0 Å². The summed E-state index contributed by atoms with van der Waals surface area (Å²) in [6.07, 6.45) is -0.672. The molecule has 0 aliphatic rings. The summed E-state index contributed by atoms with van der Waals surface area (Å²) >= 11 is 0. The number of benzene rings is 3. The summed E-state index contributed by atoms with van der Waals surface area (Å²) in [5.41, 5.74) is 4.21. The largest absolute Gasteiger partial charge is 0.438 e. The number of hydrazine groups is 1. The zero-order valence-corrected chi connectivity index (χ0v) is 13.6. The Morgan fingerprint density at radius 2 is 1.46 bits per heavy atom. The first kappa shape index (κ1) is 17.0. The Labute approximate surface area is 149 Å². The maximum Gasteiger partial charge on any atom is 0.438 e. The van der Waals surface area contributed by atoms with Gasteiger partial charge >= 0.3 is 6.09 Å². The van der Waals surface area contributed by atoms with E-state index in [1.165, 1.54) is 29.3 Å². The molecule has 0 atom stereocenters. The van der Waals surface area contributed by atoms with E-state index < -0.39 is 11.0 Å². The van der Waals surface area contributed by atoms with E-state index in [0.717, 1.165) is 0 Å². The second-order valence-electron chi connectivity index (χ2n) is 5.27. The Kier molecular flexibility index (Phi) is 5.09. The average Bonchev–Trinajstić information content (AvgIpc) is 2.68. The average molecular weight is 349 g/mol. The number of carbonyl (C=O) groups is 1. The second kappa shape index (κ2) is 7.80. The number of nitrogens with zero attached hydrogens (tertiary/aromatic N) is 2. The van der Waals surface area contributed by atoms with Gasteiger partial charge in [0.15, 0.2) is 0 Å². The Hall–Kier alpha value is -3.87. The van der Waals surface area contributed by atoms with Crippen LogP contribution in [0.25, 0.3) is 0 Å². The minimum Gasteiger partial charge on any atom is -0.409 e. The van der Waals surface area contributed by atoms with Crippen molar-refractivity contribution < 1.29 is 14.5 Å². The molecule has 7 heteroatoms. The van der Waals surface area contributed by atoms with Gasteiger partial charge in [0.25, 0.3) is 5.69 Å². The van der Waals surface area contributed by atoms with Crippen LogP contribution in [-0.2, 0) is 0 Å². The lowest BCUT2D eigenvalue weighted by Crippen LogP contribution is -2.38. The SMILES string of the molecule is O=C(Oc1ccc([N+](=O)[O-])cc1)N(Nc1ccccc1)c1ccccc1. The van der Waals surface area contributed by atoms with E-state index in [-0.39, 0.29) is 11.4 Å². The first-order chi connectivity index (χ1) is 12.6. The molecule has 1 amide bonds. The number of hydrogen-bond donors (Lipinski definition) is 1. The quantitative estimate of drug-likeness (QED) is 0.536. The first-order valence-corrected chi connectivity index (χ1v) is 7.76. The molecule has 0 aliphatic carbocycles. The highest BCUT2D eigenvalue weighted by Crippen LogP contribution is 2.21. The number of nitro benzene ring substituents is 1. The molecule has 0 heterocycles. The number of non-ortho nitro benzene ring substituents is 1. The molecule has 3 aromatic rings. The van der Waals surface area contributed by atoms with E-state index in [4.69, 9.17) is 4.74 Å². The lowest BCUT2D eigenvalue weighted by molar-refractivity contribution is -0.384. The van der Waals surface area contributed by atoms with Gasteiger partial charge in [-0.25, -0.2) is 4.79 Å². The van der Waals surface area contributed by atoms with Crippen LogP contribution in [0.4, 0.5) is 21.9 Å². The maximum atomic E-state index is 12.6. The van der Waals surface area contributed by atoms with Gasteiger partial charge in [0, 0.05) is 12.1 Å². The van der Waals surface area contributed by atoms with Crippen LogP contribution in [0.15, 0.2) is 84.9 Å². The summed E-state index contributed by atoms with van der Waals surface area (Å²) in [5, 5.41) is 12.0. The van der Waals surface area contributed by atoms with Gasteiger partial charge in [-0.05, 0) is 36.4 Å². The van der Waals surface area contributed by atoms with E-state index in [0.29, 0.717) is 11.4 Å². The predicted molar refractivity (Wildman–Crippen MR) is 98.1 cm³/mol. The fourth-order valence-electron chi connectivity index (χ4n) is 2.22. The fraction of sp³-hybridized carbons (Fsp3) is 0. The normalized spacial score (nSPS) is 10.0. The highest BCUT2D eigenvalue weighted by atomic mass is 16.6. The van der Waals surface area contributed by atoms with Gasteiger partial charge in [0.2, 0.25) is 0 Å². The van der Waals surface area contributed by atoms with Crippen LogP contribution in [0.3, 0.4) is 0 Å². The van der Waals surface area contributed by atoms with E-state index in [2.05, 4.69) is 5.43 Å². The molecule has 0 aromatic heterocycles. The molecule has 0 saturated heterocycles. The van der Waals surface area contributed by atoms with Crippen molar-refractivity contribution in [3.63, 3.8) is 0 Å². The summed E-state index contributed by atoms with van der Waals surface area (Å²) < 4.78 is 5.34. The van der Waals surface area contributed by atoms with E-state index >= 15 is 0 Å². The summed E-state index contributed by atoms with van der Waals surface area (Å²) in [7, 11) is 0. The molecular weight excluding hydrogens is 334 g/mol. The monoisotopic (exact) mass is 349 g/mol. The number of para-hydroxylation sites is 2. The fourth-order valence-corrected chi connectivity index (χ4v) is 2.22. The lowest BCUT2D eigenvalue weighted by atomic mass is 10.3. The Balaban J connectivity index is 1.81. The third-order valence-corrected chi connectivity index (χ3v) is 3.46. The number of amides is 1. The molecule has 26 heavy (non-hydrogen) atoms. The van der Waals surface area contributed by atoms with Crippen molar-refractivity contribution in [3.05, 3.63) is 95.0 Å². The van der Waals surface area contributed by atoms with Crippen molar-refractivity contribution in [2.75, 3.05) is 10.4 Å². The third-order valence-electron chi connectivity index (χ3n) is 3.46. The Morgan fingerprint density at radius 3 is 2.04 bits per heavy atom. The molecule has 0 aliphatic heterocycles. The van der Waals surface area contributed by atoms with Crippen molar-refractivity contribution >= 4 is 23.2 Å². The topological polar surface area (TPSA) is 84.7 Å². The van der Waals surface area contributed by atoms with Gasteiger partial charge in [-0.2, -0.15) is 5.01 Å². The van der Waals surface area contributed by atoms with Crippen LogP contribution in [0.1, 0.15) is 0 Å². The molecule has 130 valence electrons. The maximum absolute atomic E-state index is 12.6. The number of anilines is 2. The van der Waals surface area contributed by atoms with Crippen molar-refractivity contribution in [1.29, 1.82) is 0 Å². The summed E-state index contributed by atoms with van der Waals surface area (Å²) in [5.74, 6) is 0.205.